The molecule has 3 rings (SSSR count). The number of nitrogens with two attached hydrogens (primary N) is 1. The largest absolute Gasteiger partial charge is 0.457 e. The summed E-state index contributed by atoms with van der Waals surface area (Å²) in [4.78, 5) is 12.6. The zero-order valence-corrected chi connectivity index (χ0v) is 17.3. The lowest BCUT2D eigenvalue weighted by atomic mass is 9.85. The molecule has 0 heterocycles. The number of ether oxygens (including phenoxy) is 1. The number of anilines is 1. The molecule has 0 radical (unpaired) electrons. The molecule has 0 bridgehead atoms. The van der Waals surface area contributed by atoms with E-state index >= 15 is 0 Å². The van der Waals surface area contributed by atoms with Crippen molar-refractivity contribution in [3.63, 3.8) is 0 Å². The van der Waals surface area contributed by atoms with Crippen LogP contribution >= 0.6 is 12.4 Å². The molecule has 0 aliphatic heterocycles. The van der Waals surface area contributed by atoms with Crippen LogP contribution < -0.4 is 15.8 Å². The molecular weight excluding hydrogens is 400 g/mol. The van der Waals surface area contributed by atoms with E-state index in [9.17, 15) is 13.2 Å². The van der Waals surface area contributed by atoms with Gasteiger partial charge in [-0.2, -0.15) is 0 Å². The number of carbonyl (C=O) groups is 1. The number of carbonyl (C=O) groups excluding carboxylic acids is 1. The quantitative estimate of drug-likeness (QED) is 0.761. The van der Waals surface area contributed by atoms with Crippen molar-refractivity contribution in [3.05, 3.63) is 48.5 Å². The van der Waals surface area contributed by atoms with Crippen molar-refractivity contribution in [1.82, 2.24) is 0 Å². The Hall–Kier alpha value is -2.09. The van der Waals surface area contributed by atoms with Crippen LogP contribution in [0.2, 0.25) is 0 Å². The summed E-state index contributed by atoms with van der Waals surface area (Å²) in [6.45, 7) is 0. The van der Waals surface area contributed by atoms with Crippen molar-refractivity contribution >= 4 is 33.8 Å². The molecule has 1 fully saturated rings. The normalized spacial score (nSPS) is 19.4. The minimum atomic E-state index is -3.23. The SMILES string of the molecule is CS(=O)(=O)c1ccc(Oc2ccc(NC(=O)C3CCCC(N)C3)cc2)cc1.Cl. The number of hydrogen-bond donors (Lipinski definition) is 2. The highest BCUT2D eigenvalue weighted by atomic mass is 35.5. The number of halogens is 1. The minimum Gasteiger partial charge on any atom is -0.457 e. The van der Waals surface area contributed by atoms with E-state index in [0.717, 1.165) is 31.9 Å². The van der Waals surface area contributed by atoms with Gasteiger partial charge in [0.2, 0.25) is 5.91 Å². The summed E-state index contributed by atoms with van der Waals surface area (Å²) in [5.74, 6) is 1.11. The van der Waals surface area contributed by atoms with Gasteiger partial charge in [0.05, 0.1) is 4.90 Å². The standard InChI is InChI=1S/C20H24N2O4S.ClH/c1-27(24,25)19-11-9-18(10-12-19)26-17-7-5-16(6-8-17)22-20(23)14-3-2-4-15(21)13-14;/h5-12,14-15H,2-4,13,21H2,1H3,(H,22,23);1H. The van der Waals surface area contributed by atoms with Gasteiger partial charge in [-0.15, -0.1) is 12.4 Å². The highest BCUT2D eigenvalue weighted by Gasteiger charge is 2.25. The molecule has 0 saturated heterocycles. The molecule has 2 aromatic carbocycles. The summed E-state index contributed by atoms with van der Waals surface area (Å²) in [7, 11) is -3.23. The molecule has 2 atom stereocenters. The Labute approximate surface area is 171 Å². The molecule has 6 nitrogen and oxygen atoms in total. The highest BCUT2D eigenvalue weighted by molar-refractivity contribution is 7.90. The summed E-state index contributed by atoms with van der Waals surface area (Å²) >= 11 is 0. The zero-order chi connectivity index (χ0) is 19.4. The Bertz CT molecular complexity index is 899. The average molecular weight is 425 g/mol. The van der Waals surface area contributed by atoms with Gasteiger partial charge in [-0.05, 0) is 67.8 Å². The Morgan fingerprint density at radius 3 is 2.14 bits per heavy atom. The second kappa shape index (κ2) is 9.41. The third-order valence-corrected chi connectivity index (χ3v) is 5.82. The maximum atomic E-state index is 12.4. The molecule has 152 valence electrons. The van der Waals surface area contributed by atoms with Crippen LogP contribution in [-0.4, -0.2) is 26.6 Å². The first kappa shape index (κ1) is 22.2. The van der Waals surface area contributed by atoms with E-state index in [1.54, 1.807) is 36.4 Å². The summed E-state index contributed by atoms with van der Waals surface area (Å²) in [5, 5.41) is 2.93. The maximum absolute atomic E-state index is 12.4. The fourth-order valence-electron chi connectivity index (χ4n) is 3.21. The number of hydrogen-bond acceptors (Lipinski definition) is 5. The number of rotatable bonds is 5. The summed E-state index contributed by atoms with van der Waals surface area (Å²) < 4.78 is 28.7. The molecule has 0 aromatic heterocycles. The number of nitrogens with one attached hydrogen (secondary N) is 1. The van der Waals surface area contributed by atoms with E-state index in [0.29, 0.717) is 17.2 Å². The highest BCUT2D eigenvalue weighted by Crippen LogP contribution is 2.27. The van der Waals surface area contributed by atoms with E-state index < -0.39 is 9.84 Å². The van der Waals surface area contributed by atoms with Crippen LogP contribution in [0.1, 0.15) is 25.7 Å². The van der Waals surface area contributed by atoms with Crippen molar-refractivity contribution in [2.75, 3.05) is 11.6 Å². The Balaban J connectivity index is 0.00000280. The first-order valence-electron chi connectivity index (χ1n) is 8.96. The van der Waals surface area contributed by atoms with Crippen molar-refractivity contribution < 1.29 is 17.9 Å². The molecule has 1 amide bonds. The Morgan fingerprint density at radius 1 is 1.04 bits per heavy atom. The van der Waals surface area contributed by atoms with Gasteiger partial charge in [0.1, 0.15) is 11.5 Å². The van der Waals surface area contributed by atoms with Gasteiger partial charge in [0.15, 0.2) is 9.84 Å². The van der Waals surface area contributed by atoms with Crippen LogP contribution in [0.25, 0.3) is 0 Å². The summed E-state index contributed by atoms with van der Waals surface area (Å²) in [6, 6.07) is 13.4. The second-order valence-electron chi connectivity index (χ2n) is 6.98. The van der Waals surface area contributed by atoms with Crippen LogP contribution in [0.5, 0.6) is 11.5 Å². The van der Waals surface area contributed by atoms with Crippen molar-refractivity contribution in [3.8, 4) is 11.5 Å². The predicted octanol–water partition coefficient (Wildman–Crippen LogP) is 3.76. The van der Waals surface area contributed by atoms with E-state index in [4.69, 9.17) is 10.5 Å². The van der Waals surface area contributed by atoms with Crippen molar-refractivity contribution in [2.24, 2.45) is 11.7 Å². The van der Waals surface area contributed by atoms with Gasteiger partial charge < -0.3 is 15.8 Å². The Morgan fingerprint density at radius 2 is 1.61 bits per heavy atom. The van der Waals surface area contributed by atoms with E-state index in [1.807, 2.05) is 0 Å². The van der Waals surface area contributed by atoms with Gasteiger partial charge in [0, 0.05) is 23.9 Å². The lowest BCUT2D eigenvalue weighted by Crippen LogP contribution is -2.34. The fourth-order valence-corrected chi connectivity index (χ4v) is 3.84. The van der Waals surface area contributed by atoms with Gasteiger partial charge in [-0.25, -0.2) is 8.42 Å². The van der Waals surface area contributed by atoms with Crippen LogP contribution in [0.4, 0.5) is 5.69 Å². The first-order chi connectivity index (χ1) is 12.8. The van der Waals surface area contributed by atoms with E-state index in [2.05, 4.69) is 5.32 Å². The summed E-state index contributed by atoms with van der Waals surface area (Å²) in [5.41, 5.74) is 6.66. The lowest BCUT2D eigenvalue weighted by molar-refractivity contribution is -0.120. The van der Waals surface area contributed by atoms with Crippen LogP contribution in [0, 0.1) is 5.92 Å². The fraction of sp³-hybridized carbons (Fsp3) is 0.350. The molecular formula is C20H25ClN2O4S. The minimum absolute atomic E-state index is 0. The van der Waals surface area contributed by atoms with Crippen molar-refractivity contribution in [1.29, 1.82) is 0 Å². The van der Waals surface area contributed by atoms with Gasteiger partial charge >= 0.3 is 0 Å². The number of benzene rings is 2. The molecule has 28 heavy (non-hydrogen) atoms. The predicted molar refractivity (Wildman–Crippen MR) is 112 cm³/mol. The Kier molecular flexibility index (Phi) is 7.46. The molecule has 3 N–H and O–H groups in total. The molecule has 2 unspecified atom stereocenters. The van der Waals surface area contributed by atoms with Gasteiger partial charge in [-0.1, -0.05) is 6.42 Å². The number of amides is 1. The number of sulfone groups is 1. The van der Waals surface area contributed by atoms with Crippen LogP contribution in [0.15, 0.2) is 53.4 Å². The second-order valence-corrected chi connectivity index (χ2v) is 9.00. The summed E-state index contributed by atoms with van der Waals surface area (Å²) in [6.07, 6.45) is 4.75. The zero-order valence-electron chi connectivity index (χ0n) is 15.6. The van der Waals surface area contributed by atoms with Crippen molar-refractivity contribution in [2.45, 2.75) is 36.6 Å². The first-order valence-corrected chi connectivity index (χ1v) is 10.8. The molecule has 2 aromatic rings. The molecule has 1 aliphatic rings. The monoisotopic (exact) mass is 424 g/mol. The topological polar surface area (TPSA) is 98.5 Å². The van der Waals surface area contributed by atoms with Crippen LogP contribution in [-0.2, 0) is 14.6 Å². The molecule has 8 heteroatoms. The maximum Gasteiger partial charge on any atom is 0.227 e. The smallest absolute Gasteiger partial charge is 0.227 e. The molecule has 0 spiro atoms. The average Bonchev–Trinajstić information content (AvgIpc) is 2.63. The van der Waals surface area contributed by atoms with E-state index in [1.165, 1.54) is 12.1 Å². The van der Waals surface area contributed by atoms with Gasteiger partial charge in [-0.3, -0.25) is 4.79 Å². The lowest BCUT2D eigenvalue weighted by Gasteiger charge is -2.25. The van der Waals surface area contributed by atoms with Crippen LogP contribution in [0.3, 0.4) is 0 Å². The molecule has 1 aliphatic carbocycles. The van der Waals surface area contributed by atoms with E-state index in [-0.39, 0.29) is 35.2 Å². The van der Waals surface area contributed by atoms with Gasteiger partial charge in [0.25, 0.3) is 0 Å². The molecule has 1 saturated carbocycles. The third-order valence-electron chi connectivity index (χ3n) is 4.69. The third kappa shape index (κ3) is 5.95.